The van der Waals surface area contributed by atoms with Gasteiger partial charge in [0, 0.05) is 56.7 Å². The maximum absolute atomic E-state index is 13.9. The van der Waals surface area contributed by atoms with Crippen molar-refractivity contribution in [3.05, 3.63) is 59.4 Å². The number of hydrogen-bond acceptors (Lipinski definition) is 5. The number of urea groups is 1. The lowest BCUT2D eigenvalue weighted by molar-refractivity contribution is -0.133. The molecule has 2 atom stereocenters. The third-order valence-corrected chi connectivity index (χ3v) is 7.42. The van der Waals surface area contributed by atoms with E-state index in [4.69, 9.17) is 5.73 Å². The van der Waals surface area contributed by atoms with Gasteiger partial charge in [-0.1, -0.05) is 0 Å². The number of amides is 3. The number of rotatable bonds is 6. The number of fused-ring (bicyclic) bond motifs is 1. The van der Waals surface area contributed by atoms with Gasteiger partial charge in [0.05, 0.1) is 10.9 Å². The number of anilines is 1. The lowest BCUT2D eigenvalue weighted by Gasteiger charge is -2.36. The van der Waals surface area contributed by atoms with E-state index in [2.05, 4.69) is 0 Å². The number of halogens is 4. The fraction of sp³-hybridized carbons (Fsp3) is 0.391. The number of carbonyl (C=O) groups is 2. The molecule has 0 saturated carbocycles. The molecule has 1 unspecified atom stereocenters. The van der Waals surface area contributed by atoms with Gasteiger partial charge in [-0.05, 0) is 42.3 Å². The van der Waals surface area contributed by atoms with Crippen LogP contribution in [0.2, 0.25) is 0 Å². The Morgan fingerprint density at radius 1 is 1.06 bits per heavy atom. The van der Waals surface area contributed by atoms with Gasteiger partial charge in [-0.2, -0.15) is 0 Å². The van der Waals surface area contributed by atoms with Gasteiger partial charge in [-0.3, -0.25) is 9.69 Å². The lowest BCUT2D eigenvalue weighted by atomic mass is 10.0. The normalized spacial score (nSPS) is 18.6. The maximum atomic E-state index is 13.9. The van der Waals surface area contributed by atoms with Crippen LogP contribution in [0, 0.1) is 17.5 Å². The van der Waals surface area contributed by atoms with E-state index in [1.807, 2.05) is 0 Å². The Kier molecular flexibility index (Phi) is 8.21. The molecule has 2 N–H and O–H groups in total. The Bertz CT molecular complexity index is 1260. The first-order chi connectivity index (χ1) is 16.4. The molecule has 8 nitrogen and oxygen atoms in total. The van der Waals surface area contributed by atoms with Crippen LogP contribution in [0.5, 0.6) is 0 Å². The summed E-state index contributed by atoms with van der Waals surface area (Å²) >= 11 is 0. The summed E-state index contributed by atoms with van der Waals surface area (Å²) in [5, 5.41) is 0. The molecule has 0 aliphatic carbocycles. The number of hydrogen-bond donors (Lipinski definition) is 1. The number of nitrogens with two attached hydrogens (primary N) is 1. The van der Waals surface area contributed by atoms with E-state index < -0.39 is 33.3 Å². The van der Waals surface area contributed by atoms with Crippen LogP contribution in [0.3, 0.4) is 0 Å². The predicted molar refractivity (Wildman–Crippen MR) is 129 cm³/mol. The smallest absolute Gasteiger partial charge is 0.324 e. The van der Waals surface area contributed by atoms with Crippen LogP contribution < -0.4 is 10.6 Å². The van der Waals surface area contributed by atoms with Gasteiger partial charge in [-0.15, -0.1) is 12.4 Å². The second-order valence-electron chi connectivity index (χ2n) is 8.87. The van der Waals surface area contributed by atoms with Crippen molar-refractivity contribution in [3.8, 4) is 0 Å². The van der Waals surface area contributed by atoms with E-state index in [0.29, 0.717) is 31.4 Å². The van der Waals surface area contributed by atoms with Gasteiger partial charge in [0.25, 0.3) is 0 Å². The van der Waals surface area contributed by atoms with Crippen molar-refractivity contribution in [2.45, 2.75) is 29.8 Å². The summed E-state index contributed by atoms with van der Waals surface area (Å²) < 4.78 is 63.8. The molecule has 2 aromatic carbocycles. The third kappa shape index (κ3) is 5.76. The number of carbonyl (C=O) groups excluding carboxylic acids is 2. The molecular weight excluding hydrogens is 521 g/mol. The summed E-state index contributed by atoms with van der Waals surface area (Å²) in [6, 6.07) is 5.97. The average molecular weight is 547 g/mol. The molecule has 13 heteroatoms. The maximum Gasteiger partial charge on any atom is 0.324 e. The Morgan fingerprint density at radius 2 is 1.69 bits per heavy atom. The summed E-state index contributed by atoms with van der Waals surface area (Å²) in [5.74, 6) is -3.67. The Labute approximate surface area is 213 Å². The monoisotopic (exact) mass is 546 g/mol. The van der Waals surface area contributed by atoms with Gasteiger partial charge in [-0.25, -0.2) is 26.4 Å². The summed E-state index contributed by atoms with van der Waals surface area (Å²) in [7, 11) is -3.36. The van der Waals surface area contributed by atoms with E-state index in [0.717, 1.165) is 12.3 Å². The van der Waals surface area contributed by atoms with Gasteiger partial charge in [0.2, 0.25) is 5.91 Å². The largest absolute Gasteiger partial charge is 0.339 e. The number of sulfone groups is 1. The van der Waals surface area contributed by atoms with E-state index in [-0.39, 0.29) is 60.2 Å². The van der Waals surface area contributed by atoms with Crippen LogP contribution >= 0.6 is 12.4 Å². The molecule has 0 bridgehead atoms. The molecule has 4 rings (SSSR count). The molecule has 3 amide bonds. The van der Waals surface area contributed by atoms with Gasteiger partial charge in [0.1, 0.15) is 5.82 Å². The molecular formula is C23H26ClF3N4O4S. The zero-order valence-corrected chi connectivity index (χ0v) is 21.0. The van der Waals surface area contributed by atoms with Gasteiger partial charge < -0.3 is 15.5 Å². The minimum absolute atomic E-state index is 0. The predicted octanol–water partition coefficient (Wildman–Crippen LogP) is 2.34. The molecule has 0 aromatic heterocycles. The molecule has 2 fully saturated rings. The summed E-state index contributed by atoms with van der Waals surface area (Å²) in [4.78, 5) is 30.6. The quantitative estimate of drug-likeness (QED) is 0.560. The van der Waals surface area contributed by atoms with Crippen LogP contribution in [-0.2, 0) is 21.1 Å². The molecule has 2 saturated heterocycles. The van der Waals surface area contributed by atoms with E-state index in [1.165, 1.54) is 12.1 Å². The number of piperazine rings is 1. The first kappa shape index (κ1) is 27.8. The van der Waals surface area contributed by atoms with Crippen LogP contribution in [0.15, 0.2) is 41.3 Å². The summed E-state index contributed by atoms with van der Waals surface area (Å²) in [6.45, 7) is 1.23. The zero-order chi connectivity index (χ0) is 25.5. The van der Waals surface area contributed by atoms with E-state index in [9.17, 15) is 31.2 Å². The summed E-state index contributed by atoms with van der Waals surface area (Å²) in [6.07, 6.45) is 0.860. The average Bonchev–Trinajstić information content (AvgIpc) is 3.12. The Balaban J connectivity index is 0.00000361. The van der Waals surface area contributed by atoms with Crippen molar-refractivity contribution >= 4 is 39.9 Å². The first-order valence-electron chi connectivity index (χ1n) is 11.0. The third-order valence-electron chi connectivity index (χ3n) is 6.29. The molecule has 2 aromatic rings. The zero-order valence-electron chi connectivity index (χ0n) is 19.4. The van der Waals surface area contributed by atoms with Crippen LogP contribution in [-0.4, -0.2) is 74.7 Å². The second-order valence-corrected chi connectivity index (χ2v) is 10.9. The molecule has 2 aliphatic heterocycles. The fourth-order valence-corrected chi connectivity index (χ4v) is 5.08. The molecule has 36 heavy (non-hydrogen) atoms. The van der Waals surface area contributed by atoms with Crippen molar-refractivity contribution in [1.29, 1.82) is 0 Å². The van der Waals surface area contributed by atoms with Crippen molar-refractivity contribution in [3.63, 3.8) is 0 Å². The molecule has 196 valence electrons. The molecule has 2 aliphatic rings. The Hall–Kier alpha value is -2.83. The van der Waals surface area contributed by atoms with Crippen LogP contribution in [0.1, 0.15) is 12.0 Å². The highest BCUT2D eigenvalue weighted by Crippen LogP contribution is 2.28. The molecule has 0 spiro atoms. The molecule has 2 heterocycles. The van der Waals surface area contributed by atoms with Crippen LogP contribution in [0.4, 0.5) is 23.7 Å². The van der Waals surface area contributed by atoms with Crippen molar-refractivity contribution in [2.75, 3.05) is 37.3 Å². The minimum atomic E-state index is -3.36. The highest BCUT2D eigenvalue weighted by Gasteiger charge is 2.42. The van der Waals surface area contributed by atoms with Crippen molar-refractivity contribution in [2.24, 2.45) is 5.73 Å². The van der Waals surface area contributed by atoms with E-state index >= 15 is 0 Å². The first-order valence-corrected chi connectivity index (χ1v) is 12.9. The Morgan fingerprint density at radius 3 is 2.33 bits per heavy atom. The van der Waals surface area contributed by atoms with E-state index in [1.54, 1.807) is 26.8 Å². The van der Waals surface area contributed by atoms with Crippen LogP contribution in [0.25, 0.3) is 0 Å². The SMILES string of the molecule is CS(=O)(=O)c1ccc(N2CC3CN(C(=O)C[C@H](N)Cc4cc(F)c(F)cc4F)CCN3C2=O)cc1.Cl. The number of nitrogens with zero attached hydrogens (tertiary/aromatic N) is 3. The van der Waals surface area contributed by atoms with Crippen molar-refractivity contribution < 1.29 is 31.2 Å². The minimum Gasteiger partial charge on any atom is -0.339 e. The molecule has 0 radical (unpaired) electrons. The highest BCUT2D eigenvalue weighted by atomic mass is 35.5. The summed E-state index contributed by atoms with van der Waals surface area (Å²) in [5.41, 5.74) is 6.45. The number of benzene rings is 2. The van der Waals surface area contributed by atoms with Gasteiger partial charge >= 0.3 is 6.03 Å². The lowest BCUT2D eigenvalue weighted by Crippen LogP contribution is -2.54. The van der Waals surface area contributed by atoms with Gasteiger partial charge in [0.15, 0.2) is 21.5 Å². The highest BCUT2D eigenvalue weighted by molar-refractivity contribution is 7.90. The second kappa shape index (κ2) is 10.7. The standard InChI is InChI=1S/C23H25F3N4O4S.ClH/c1-35(33,34)18-4-2-16(3-5-18)30-13-17-12-28(6-7-29(17)23(30)32)22(31)10-15(27)8-14-9-20(25)21(26)11-19(14)24;/h2-5,9,11,15,17H,6-8,10,12-13,27H2,1H3;1H/t15-,17?;/m1./s1. The fourth-order valence-electron chi connectivity index (χ4n) is 4.45. The van der Waals surface area contributed by atoms with Crippen molar-refractivity contribution in [1.82, 2.24) is 9.80 Å². The topological polar surface area (TPSA) is 104 Å².